The molecule has 0 aliphatic carbocycles. The number of aromatic nitrogens is 1. The Morgan fingerprint density at radius 1 is 1.21 bits per heavy atom. The number of nitrogens with one attached hydrogen (secondary N) is 2. The third kappa shape index (κ3) is 6.20. The minimum atomic E-state index is -0.0143. The molecule has 0 aliphatic rings. The molecule has 0 saturated heterocycles. The highest BCUT2D eigenvalue weighted by Gasteiger charge is 2.06. The molecule has 1 amide bonds. The zero-order chi connectivity index (χ0) is 17.2. The molecule has 24 heavy (non-hydrogen) atoms. The number of thiazole rings is 1. The number of carbonyl (C=O) groups is 1. The van der Waals surface area contributed by atoms with Crippen LogP contribution in [-0.4, -0.2) is 16.0 Å². The molecule has 0 radical (unpaired) electrons. The summed E-state index contributed by atoms with van der Waals surface area (Å²) in [7, 11) is 0. The maximum Gasteiger partial charge on any atom is 0.238 e. The summed E-state index contributed by atoms with van der Waals surface area (Å²) in [5.74, 6) is 0.196. The molecular formula is C18H25N3O2S. The highest BCUT2D eigenvalue weighted by molar-refractivity contribution is 7.14. The largest absolute Gasteiger partial charge is 0.508 e. The fraction of sp³-hybridized carbons (Fsp3) is 0.444. The van der Waals surface area contributed by atoms with Crippen LogP contribution in [0.1, 0.15) is 51.9 Å². The van der Waals surface area contributed by atoms with Crippen molar-refractivity contribution in [3.05, 3.63) is 29.6 Å². The summed E-state index contributed by atoms with van der Waals surface area (Å²) < 4.78 is 0. The van der Waals surface area contributed by atoms with Crippen LogP contribution in [0.5, 0.6) is 5.75 Å². The van der Waals surface area contributed by atoms with Crippen LogP contribution in [0.25, 0.3) is 11.3 Å². The van der Waals surface area contributed by atoms with Gasteiger partial charge in [0.25, 0.3) is 0 Å². The average molecular weight is 347 g/mol. The molecule has 5 nitrogen and oxygen atoms in total. The van der Waals surface area contributed by atoms with E-state index in [1.54, 1.807) is 18.2 Å². The molecule has 1 heterocycles. The van der Waals surface area contributed by atoms with Crippen molar-refractivity contribution >= 4 is 22.4 Å². The van der Waals surface area contributed by atoms with Crippen LogP contribution in [0, 0.1) is 0 Å². The van der Waals surface area contributed by atoms with Gasteiger partial charge in [-0.15, -0.1) is 11.3 Å². The van der Waals surface area contributed by atoms with Crippen LogP contribution < -0.4 is 10.9 Å². The van der Waals surface area contributed by atoms with Gasteiger partial charge in [0.05, 0.1) is 5.69 Å². The summed E-state index contributed by atoms with van der Waals surface area (Å²) in [5.41, 5.74) is 7.15. The summed E-state index contributed by atoms with van der Waals surface area (Å²) in [6.45, 7) is 2.20. The summed E-state index contributed by atoms with van der Waals surface area (Å²) >= 11 is 1.41. The highest BCUT2D eigenvalue weighted by atomic mass is 32.1. The number of rotatable bonds is 10. The first-order chi connectivity index (χ1) is 11.7. The quantitative estimate of drug-likeness (QED) is 0.430. The molecule has 0 unspecified atom stereocenters. The Labute approximate surface area is 147 Å². The minimum absolute atomic E-state index is 0.0143. The molecule has 2 aromatic rings. The molecule has 6 heteroatoms. The van der Waals surface area contributed by atoms with Crippen LogP contribution in [0.3, 0.4) is 0 Å². The second-order valence-electron chi connectivity index (χ2n) is 5.78. The molecule has 0 bridgehead atoms. The number of phenolic OH excluding ortho intramolecular Hbond substituents is 1. The summed E-state index contributed by atoms with van der Waals surface area (Å²) in [4.78, 5) is 16.2. The second kappa shape index (κ2) is 9.93. The van der Waals surface area contributed by atoms with E-state index in [-0.39, 0.29) is 11.7 Å². The van der Waals surface area contributed by atoms with Crippen LogP contribution in [0.15, 0.2) is 29.6 Å². The van der Waals surface area contributed by atoms with Gasteiger partial charge < -0.3 is 5.11 Å². The van der Waals surface area contributed by atoms with E-state index in [1.807, 2.05) is 11.4 Å². The SMILES string of the molecule is CCCCCCCCC(=O)NNc1nc(-c2cccc(O)c2)cs1. The number of unbranched alkanes of at least 4 members (excludes halogenated alkanes) is 5. The fourth-order valence-electron chi connectivity index (χ4n) is 2.38. The van der Waals surface area contributed by atoms with Gasteiger partial charge in [-0.25, -0.2) is 4.98 Å². The minimum Gasteiger partial charge on any atom is -0.508 e. The van der Waals surface area contributed by atoms with E-state index >= 15 is 0 Å². The number of amides is 1. The molecule has 1 aromatic carbocycles. The van der Waals surface area contributed by atoms with Gasteiger partial charge in [0.1, 0.15) is 5.75 Å². The lowest BCUT2D eigenvalue weighted by Crippen LogP contribution is -2.28. The van der Waals surface area contributed by atoms with E-state index in [0.29, 0.717) is 11.6 Å². The van der Waals surface area contributed by atoms with Crippen molar-refractivity contribution < 1.29 is 9.90 Å². The smallest absolute Gasteiger partial charge is 0.238 e. The van der Waals surface area contributed by atoms with Gasteiger partial charge in [-0.05, 0) is 18.6 Å². The maximum absolute atomic E-state index is 11.8. The number of carbonyl (C=O) groups excluding carboxylic acids is 1. The molecule has 0 aliphatic heterocycles. The Morgan fingerprint density at radius 2 is 2.00 bits per heavy atom. The van der Waals surface area contributed by atoms with Crippen LogP contribution in [-0.2, 0) is 4.79 Å². The Bertz CT molecular complexity index is 643. The number of hydrogen-bond donors (Lipinski definition) is 3. The van der Waals surface area contributed by atoms with Crippen molar-refractivity contribution in [1.29, 1.82) is 0 Å². The van der Waals surface area contributed by atoms with Crippen LogP contribution in [0.4, 0.5) is 5.13 Å². The first kappa shape index (κ1) is 18.3. The van der Waals surface area contributed by atoms with Gasteiger partial charge in [-0.2, -0.15) is 0 Å². The number of benzene rings is 1. The van der Waals surface area contributed by atoms with Crippen molar-refractivity contribution in [2.24, 2.45) is 0 Å². The molecular weight excluding hydrogens is 322 g/mol. The average Bonchev–Trinajstić information content (AvgIpc) is 3.05. The normalized spacial score (nSPS) is 10.5. The number of phenols is 1. The summed E-state index contributed by atoms with van der Waals surface area (Å²) in [5, 5.41) is 12.0. The second-order valence-corrected chi connectivity index (χ2v) is 6.64. The summed E-state index contributed by atoms with van der Waals surface area (Å²) in [6, 6.07) is 6.95. The Kier molecular flexibility index (Phi) is 7.55. The molecule has 1 aromatic heterocycles. The zero-order valence-electron chi connectivity index (χ0n) is 14.0. The maximum atomic E-state index is 11.8. The number of anilines is 1. The monoisotopic (exact) mass is 347 g/mol. The van der Waals surface area contributed by atoms with Gasteiger partial charge in [0.2, 0.25) is 11.0 Å². The van der Waals surface area contributed by atoms with Crippen molar-refractivity contribution in [2.75, 3.05) is 5.43 Å². The van der Waals surface area contributed by atoms with E-state index < -0.39 is 0 Å². The third-order valence-corrected chi connectivity index (χ3v) is 4.47. The first-order valence-corrected chi connectivity index (χ1v) is 9.37. The molecule has 0 fully saturated rings. The topological polar surface area (TPSA) is 74.2 Å². The molecule has 0 spiro atoms. The predicted octanol–water partition coefficient (Wildman–Crippen LogP) is 4.71. The van der Waals surface area contributed by atoms with E-state index in [9.17, 15) is 9.90 Å². The number of hydrazine groups is 1. The van der Waals surface area contributed by atoms with Gasteiger partial charge in [0.15, 0.2) is 0 Å². The number of hydrogen-bond acceptors (Lipinski definition) is 5. The van der Waals surface area contributed by atoms with Gasteiger partial charge in [0, 0.05) is 17.4 Å². The van der Waals surface area contributed by atoms with Gasteiger partial charge in [-0.1, -0.05) is 51.2 Å². The molecule has 130 valence electrons. The van der Waals surface area contributed by atoms with Crippen molar-refractivity contribution in [3.8, 4) is 17.0 Å². The lowest BCUT2D eigenvalue weighted by Gasteiger charge is -2.05. The van der Waals surface area contributed by atoms with Gasteiger partial charge in [-0.3, -0.25) is 15.6 Å². The summed E-state index contributed by atoms with van der Waals surface area (Å²) in [6.07, 6.45) is 7.53. The fourth-order valence-corrected chi connectivity index (χ4v) is 3.05. The number of nitrogens with zero attached hydrogens (tertiary/aromatic N) is 1. The number of aromatic hydroxyl groups is 1. The third-order valence-electron chi connectivity index (χ3n) is 3.71. The Morgan fingerprint density at radius 3 is 2.79 bits per heavy atom. The van der Waals surface area contributed by atoms with E-state index in [2.05, 4.69) is 22.8 Å². The lowest BCUT2D eigenvalue weighted by atomic mass is 10.1. The van der Waals surface area contributed by atoms with E-state index in [4.69, 9.17) is 0 Å². The first-order valence-electron chi connectivity index (χ1n) is 8.49. The lowest BCUT2D eigenvalue weighted by molar-refractivity contribution is -0.120. The van der Waals surface area contributed by atoms with E-state index in [1.165, 1.54) is 37.0 Å². The Hall–Kier alpha value is -2.08. The molecule has 0 atom stereocenters. The van der Waals surface area contributed by atoms with Gasteiger partial charge >= 0.3 is 0 Å². The van der Waals surface area contributed by atoms with Crippen LogP contribution in [0.2, 0.25) is 0 Å². The van der Waals surface area contributed by atoms with E-state index in [0.717, 1.165) is 24.1 Å². The predicted molar refractivity (Wildman–Crippen MR) is 99.0 cm³/mol. The zero-order valence-corrected chi connectivity index (χ0v) is 14.9. The standard InChI is InChI=1S/C18H25N3O2S/c1-2-3-4-5-6-7-11-17(23)20-21-18-19-16(13-24-18)14-9-8-10-15(22)12-14/h8-10,12-13,22H,2-7,11H2,1H3,(H,19,21)(H,20,23). The molecule has 3 N–H and O–H groups in total. The van der Waals surface area contributed by atoms with Crippen LogP contribution >= 0.6 is 11.3 Å². The van der Waals surface area contributed by atoms with Crippen molar-refractivity contribution in [1.82, 2.24) is 10.4 Å². The van der Waals surface area contributed by atoms with Crippen molar-refractivity contribution in [2.45, 2.75) is 51.9 Å². The molecule has 2 rings (SSSR count). The Balaban J connectivity index is 1.70. The van der Waals surface area contributed by atoms with Crippen molar-refractivity contribution in [3.63, 3.8) is 0 Å². The molecule has 0 saturated carbocycles. The highest BCUT2D eigenvalue weighted by Crippen LogP contribution is 2.26.